The summed E-state index contributed by atoms with van der Waals surface area (Å²) in [6, 6.07) is 9.76. The number of para-hydroxylation sites is 1. The Labute approximate surface area is 152 Å². The van der Waals surface area contributed by atoms with Gasteiger partial charge in [0.2, 0.25) is 15.9 Å². The molecule has 0 fully saturated rings. The molecule has 0 heterocycles. The normalized spacial score (nSPS) is 15.2. The van der Waals surface area contributed by atoms with Crippen molar-refractivity contribution in [3.8, 4) is 0 Å². The van der Waals surface area contributed by atoms with Crippen LogP contribution in [-0.4, -0.2) is 20.4 Å². The zero-order chi connectivity index (χ0) is 18.7. The average molecular weight is 376 g/mol. The quantitative estimate of drug-likeness (QED) is 0.842. The molecule has 138 valence electrons. The molecule has 0 radical (unpaired) electrons. The van der Waals surface area contributed by atoms with Crippen molar-refractivity contribution < 1.29 is 17.6 Å². The van der Waals surface area contributed by atoms with Crippen molar-refractivity contribution in [3.05, 3.63) is 59.4 Å². The van der Waals surface area contributed by atoms with Crippen LogP contribution in [0.1, 0.15) is 30.9 Å². The number of carbonyl (C=O) groups is 1. The van der Waals surface area contributed by atoms with Gasteiger partial charge in [-0.05, 0) is 68.0 Å². The number of hydrogen-bond donors (Lipinski definition) is 2. The number of carbonyl (C=O) groups excluding carboxylic acids is 1. The van der Waals surface area contributed by atoms with Crippen molar-refractivity contribution in [1.82, 2.24) is 4.72 Å². The predicted molar refractivity (Wildman–Crippen MR) is 97.9 cm³/mol. The monoisotopic (exact) mass is 376 g/mol. The minimum absolute atomic E-state index is 0.0114. The Kier molecular flexibility index (Phi) is 5.38. The first kappa shape index (κ1) is 18.5. The minimum Gasteiger partial charge on any atom is -0.322 e. The molecule has 2 aromatic rings. The molecule has 7 heteroatoms. The van der Waals surface area contributed by atoms with E-state index in [1.54, 1.807) is 18.2 Å². The van der Waals surface area contributed by atoms with Crippen LogP contribution >= 0.6 is 0 Å². The van der Waals surface area contributed by atoms with Gasteiger partial charge in [0.15, 0.2) is 0 Å². The molecule has 0 saturated carbocycles. The lowest BCUT2D eigenvalue weighted by Gasteiger charge is -2.18. The van der Waals surface area contributed by atoms with E-state index in [0.29, 0.717) is 0 Å². The number of amides is 1. The van der Waals surface area contributed by atoms with Gasteiger partial charge in [-0.15, -0.1) is 0 Å². The number of rotatable bonds is 5. The largest absolute Gasteiger partial charge is 0.322 e. The van der Waals surface area contributed by atoms with E-state index in [2.05, 4.69) is 10.0 Å². The van der Waals surface area contributed by atoms with Crippen molar-refractivity contribution in [1.29, 1.82) is 0 Å². The summed E-state index contributed by atoms with van der Waals surface area (Å²) in [5.41, 5.74) is 2.24. The van der Waals surface area contributed by atoms with Crippen LogP contribution in [-0.2, 0) is 27.7 Å². The summed E-state index contributed by atoms with van der Waals surface area (Å²) < 4.78 is 41.2. The lowest BCUT2D eigenvalue weighted by Crippen LogP contribution is -2.41. The van der Waals surface area contributed by atoms with E-state index >= 15 is 0 Å². The fraction of sp³-hybridized carbons (Fsp3) is 0.316. The molecule has 0 aromatic heterocycles. The Hall–Kier alpha value is -2.25. The van der Waals surface area contributed by atoms with Gasteiger partial charge in [0.05, 0.1) is 16.6 Å². The third-order valence-electron chi connectivity index (χ3n) is 4.49. The van der Waals surface area contributed by atoms with E-state index in [9.17, 15) is 17.6 Å². The van der Waals surface area contributed by atoms with Crippen molar-refractivity contribution in [2.24, 2.45) is 0 Å². The summed E-state index contributed by atoms with van der Waals surface area (Å²) in [7, 11) is -3.85. The maximum absolute atomic E-state index is 13.6. The van der Waals surface area contributed by atoms with Gasteiger partial charge in [-0.3, -0.25) is 4.79 Å². The zero-order valence-electron chi connectivity index (χ0n) is 14.5. The van der Waals surface area contributed by atoms with Crippen LogP contribution in [0.2, 0.25) is 0 Å². The zero-order valence-corrected chi connectivity index (χ0v) is 15.3. The second-order valence-corrected chi connectivity index (χ2v) is 8.16. The van der Waals surface area contributed by atoms with Gasteiger partial charge in [0.1, 0.15) is 5.82 Å². The van der Waals surface area contributed by atoms with Gasteiger partial charge >= 0.3 is 0 Å². The lowest BCUT2D eigenvalue weighted by atomic mass is 9.92. The minimum atomic E-state index is -3.85. The molecule has 3 rings (SSSR count). The molecule has 0 saturated heterocycles. The van der Waals surface area contributed by atoms with Crippen molar-refractivity contribution in [3.63, 3.8) is 0 Å². The first-order valence-electron chi connectivity index (χ1n) is 8.56. The topological polar surface area (TPSA) is 75.3 Å². The molecule has 2 N–H and O–H groups in total. The molecule has 1 unspecified atom stereocenters. The number of fused-ring (bicyclic) bond motifs is 1. The van der Waals surface area contributed by atoms with Gasteiger partial charge in [-0.25, -0.2) is 12.8 Å². The standard InChI is InChI=1S/C19H21FN2O3S/c1-13(19(23)21-18-9-5-4-8-17(18)20)22-26(24,25)16-11-10-14-6-2-3-7-15(14)12-16/h4-5,8-13,22H,2-3,6-7H2,1H3,(H,21,23). The highest BCUT2D eigenvalue weighted by atomic mass is 32.2. The summed E-state index contributed by atoms with van der Waals surface area (Å²) in [6.45, 7) is 1.42. The van der Waals surface area contributed by atoms with E-state index in [1.165, 1.54) is 30.7 Å². The Morgan fingerprint density at radius 1 is 1.08 bits per heavy atom. The number of nitrogens with one attached hydrogen (secondary N) is 2. The molecule has 0 spiro atoms. The fourth-order valence-corrected chi connectivity index (χ4v) is 4.29. The second kappa shape index (κ2) is 7.55. The van der Waals surface area contributed by atoms with Crippen molar-refractivity contribution in [2.45, 2.75) is 43.5 Å². The Morgan fingerprint density at radius 3 is 2.50 bits per heavy atom. The third kappa shape index (κ3) is 4.11. The van der Waals surface area contributed by atoms with Crippen molar-refractivity contribution >= 4 is 21.6 Å². The van der Waals surface area contributed by atoms with Crippen LogP contribution in [0.4, 0.5) is 10.1 Å². The van der Waals surface area contributed by atoms with Gasteiger partial charge in [0.25, 0.3) is 0 Å². The van der Waals surface area contributed by atoms with E-state index in [-0.39, 0.29) is 10.6 Å². The van der Waals surface area contributed by atoms with Gasteiger partial charge in [-0.2, -0.15) is 4.72 Å². The van der Waals surface area contributed by atoms with Crippen LogP contribution in [0.5, 0.6) is 0 Å². The Bertz CT molecular complexity index is 928. The van der Waals surface area contributed by atoms with Crippen LogP contribution in [0, 0.1) is 5.82 Å². The lowest BCUT2D eigenvalue weighted by molar-refractivity contribution is -0.117. The summed E-state index contributed by atoms with van der Waals surface area (Å²) in [6.07, 6.45) is 3.99. The van der Waals surface area contributed by atoms with Gasteiger partial charge in [0, 0.05) is 0 Å². The van der Waals surface area contributed by atoms with Crippen LogP contribution in [0.15, 0.2) is 47.4 Å². The molecule has 1 aliphatic rings. The number of hydrogen-bond acceptors (Lipinski definition) is 3. The first-order chi connectivity index (χ1) is 12.4. The van der Waals surface area contributed by atoms with Crippen molar-refractivity contribution in [2.75, 3.05) is 5.32 Å². The number of aryl methyl sites for hydroxylation is 2. The number of halogens is 1. The maximum atomic E-state index is 13.6. The highest BCUT2D eigenvalue weighted by Crippen LogP contribution is 2.24. The molecule has 1 amide bonds. The van der Waals surface area contributed by atoms with E-state index in [4.69, 9.17) is 0 Å². The molecule has 1 atom stereocenters. The molecular weight excluding hydrogens is 355 g/mol. The van der Waals surface area contributed by atoms with E-state index < -0.39 is 27.8 Å². The predicted octanol–water partition coefficient (Wildman–Crippen LogP) is 3.01. The molecule has 5 nitrogen and oxygen atoms in total. The highest BCUT2D eigenvalue weighted by molar-refractivity contribution is 7.89. The van der Waals surface area contributed by atoms with E-state index in [1.807, 2.05) is 6.07 Å². The molecular formula is C19H21FN2O3S. The summed E-state index contributed by atoms with van der Waals surface area (Å²) >= 11 is 0. The Balaban J connectivity index is 1.72. The molecule has 1 aliphatic carbocycles. The van der Waals surface area contributed by atoms with Gasteiger partial charge < -0.3 is 5.32 Å². The number of sulfonamides is 1. The van der Waals surface area contributed by atoms with Crippen LogP contribution in [0.25, 0.3) is 0 Å². The molecule has 0 aliphatic heterocycles. The smallest absolute Gasteiger partial charge is 0.242 e. The second-order valence-electron chi connectivity index (χ2n) is 6.45. The molecule has 26 heavy (non-hydrogen) atoms. The SMILES string of the molecule is CC(NS(=O)(=O)c1ccc2c(c1)CCCC2)C(=O)Nc1ccccc1F. The van der Waals surface area contributed by atoms with Crippen LogP contribution < -0.4 is 10.0 Å². The molecule has 2 aromatic carbocycles. The fourth-order valence-electron chi connectivity index (χ4n) is 3.03. The molecule has 0 bridgehead atoms. The average Bonchev–Trinajstić information content (AvgIpc) is 2.62. The van der Waals surface area contributed by atoms with Gasteiger partial charge in [-0.1, -0.05) is 18.2 Å². The third-order valence-corrected chi connectivity index (χ3v) is 6.03. The number of anilines is 1. The highest BCUT2D eigenvalue weighted by Gasteiger charge is 2.24. The summed E-state index contributed by atoms with van der Waals surface area (Å²) in [5, 5.41) is 2.39. The Morgan fingerprint density at radius 2 is 1.77 bits per heavy atom. The summed E-state index contributed by atoms with van der Waals surface area (Å²) in [4.78, 5) is 12.3. The van der Waals surface area contributed by atoms with E-state index in [0.717, 1.165) is 31.2 Å². The van der Waals surface area contributed by atoms with Crippen LogP contribution in [0.3, 0.4) is 0 Å². The first-order valence-corrected chi connectivity index (χ1v) is 10.0. The summed E-state index contributed by atoms with van der Waals surface area (Å²) in [5.74, 6) is -1.21. The maximum Gasteiger partial charge on any atom is 0.242 e. The number of benzene rings is 2.